The van der Waals surface area contributed by atoms with Gasteiger partial charge in [-0.2, -0.15) is 0 Å². The maximum absolute atomic E-state index is 12.5. The maximum Gasteiger partial charge on any atom is 0.234 e. The fourth-order valence-electron chi connectivity index (χ4n) is 3.47. The monoisotopic (exact) mass is 450 g/mol. The third-order valence-electron chi connectivity index (χ3n) is 5.75. The van der Waals surface area contributed by atoms with E-state index in [0.29, 0.717) is 5.92 Å². The molecule has 2 aromatic carbocycles. The predicted octanol–water partition coefficient (Wildman–Crippen LogP) is 6.51. The lowest BCUT2D eigenvalue weighted by Crippen LogP contribution is -2.14. The lowest BCUT2D eigenvalue weighted by Gasteiger charge is -2.19. The molecule has 1 unspecified atom stereocenters. The Labute approximate surface area is 196 Å². The molecule has 5 nitrogen and oxygen atoms in total. The van der Waals surface area contributed by atoms with Crippen molar-refractivity contribution in [3.63, 3.8) is 0 Å². The van der Waals surface area contributed by atoms with Crippen molar-refractivity contribution in [1.82, 2.24) is 14.8 Å². The standard InChI is InChI=1S/C26H34N4OS/c1-7-18(3)19-11-15-22(16-12-19)27-23(31)17-32-25-29-28-24(30(25)8-2)20-9-13-21(14-10-20)26(4,5)6/h9-16,18H,7-8,17H2,1-6H3,(H,27,31). The third kappa shape index (κ3) is 5.80. The summed E-state index contributed by atoms with van der Waals surface area (Å²) in [5.41, 5.74) is 4.54. The summed E-state index contributed by atoms with van der Waals surface area (Å²) in [6, 6.07) is 16.6. The molecule has 170 valence electrons. The van der Waals surface area contributed by atoms with Crippen LogP contribution in [0.15, 0.2) is 53.7 Å². The Balaban J connectivity index is 1.64. The molecule has 1 aromatic heterocycles. The van der Waals surface area contributed by atoms with Gasteiger partial charge in [-0.1, -0.05) is 82.8 Å². The number of benzene rings is 2. The molecule has 1 N–H and O–H groups in total. The number of hydrogen-bond donors (Lipinski definition) is 1. The molecule has 0 saturated heterocycles. The number of anilines is 1. The van der Waals surface area contributed by atoms with Gasteiger partial charge in [-0.3, -0.25) is 4.79 Å². The van der Waals surface area contributed by atoms with E-state index in [9.17, 15) is 4.79 Å². The van der Waals surface area contributed by atoms with Crippen LogP contribution in [0.25, 0.3) is 11.4 Å². The summed E-state index contributed by atoms with van der Waals surface area (Å²) in [4.78, 5) is 12.5. The van der Waals surface area contributed by atoms with Gasteiger partial charge in [0.05, 0.1) is 5.75 Å². The van der Waals surface area contributed by atoms with E-state index in [4.69, 9.17) is 0 Å². The van der Waals surface area contributed by atoms with Crippen molar-refractivity contribution in [2.24, 2.45) is 0 Å². The van der Waals surface area contributed by atoms with Gasteiger partial charge in [0.2, 0.25) is 5.91 Å². The highest BCUT2D eigenvalue weighted by Crippen LogP contribution is 2.28. The number of carbonyl (C=O) groups is 1. The first-order valence-electron chi connectivity index (χ1n) is 11.3. The quantitative estimate of drug-likeness (QED) is 0.398. The Morgan fingerprint density at radius 1 is 1.03 bits per heavy atom. The molecular weight excluding hydrogens is 416 g/mol. The molecule has 0 saturated carbocycles. The second-order valence-corrected chi connectivity index (χ2v) is 10.1. The molecule has 1 heterocycles. The number of hydrogen-bond acceptors (Lipinski definition) is 4. The summed E-state index contributed by atoms with van der Waals surface area (Å²) in [5, 5.41) is 12.5. The molecule has 0 spiro atoms. The van der Waals surface area contributed by atoms with E-state index in [0.717, 1.165) is 35.2 Å². The number of carbonyl (C=O) groups excluding carboxylic acids is 1. The number of rotatable bonds is 8. The van der Waals surface area contributed by atoms with Crippen LogP contribution in [0.3, 0.4) is 0 Å². The van der Waals surface area contributed by atoms with Crippen molar-refractivity contribution in [3.05, 3.63) is 59.7 Å². The fourth-order valence-corrected chi connectivity index (χ4v) is 4.27. The van der Waals surface area contributed by atoms with Crippen LogP contribution in [-0.2, 0) is 16.8 Å². The predicted molar refractivity (Wildman–Crippen MR) is 134 cm³/mol. The molecule has 1 atom stereocenters. The van der Waals surface area contributed by atoms with Crippen molar-refractivity contribution in [2.45, 2.75) is 71.0 Å². The lowest BCUT2D eigenvalue weighted by molar-refractivity contribution is -0.113. The highest BCUT2D eigenvalue weighted by atomic mass is 32.2. The van der Waals surface area contributed by atoms with Crippen LogP contribution in [0.1, 0.15) is 65.0 Å². The molecule has 6 heteroatoms. The minimum Gasteiger partial charge on any atom is -0.325 e. The number of amides is 1. The van der Waals surface area contributed by atoms with Gasteiger partial charge >= 0.3 is 0 Å². The first kappa shape index (κ1) is 24.1. The molecule has 0 aliphatic heterocycles. The van der Waals surface area contributed by atoms with Gasteiger partial charge in [-0.15, -0.1) is 10.2 Å². The molecule has 0 fully saturated rings. The van der Waals surface area contributed by atoms with E-state index in [-0.39, 0.29) is 17.1 Å². The van der Waals surface area contributed by atoms with E-state index >= 15 is 0 Å². The van der Waals surface area contributed by atoms with E-state index in [2.05, 4.69) is 98.0 Å². The minimum absolute atomic E-state index is 0.0481. The SMILES string of the molecule is CCC(C)c1ccc(NC(=O)CSc2nnc(-c3ccc(C(C)(C)C)cc3)n2CC)cc1. The number of nitrogens with one attached hydrogen (secondary N) is 1. The van der Waals surface area contributed by atoms with Gasteiger partial charge in [0.15, 0.2) is 11.0 Å². The average molecular weight is 451 g/mol. The third-order valence-corrected chi connectivity index (χ3v) is 6.72. The van der Waals surface area contributed by atoms with E-state index in [1.54, 1.807) is 0 Å². The van der Waals surface area contributed by atoms with Gasteiger partial charge in [0.1, 0.15) is 0 Å². The van der Waals surface area contributed by atoms with Gasteiger partial charge < -0.3 is 9.88 Å². The van der Waals surface area contributed by atoms with Crippen molar-refractivity contribution in [3.8, 4) is 11.4 Å². The lowest BCUT2D eigenvalue weighted by atomic mass is 9.87. The van der Waals surface area contributed by atoms with Crippen LogP contribution in [0.5, 0.6) is 0 Å². The highest BCUT2D eigenvalue weighted by Gasteiger charge is 2.17. The van der Waals surface area contributed by atoms with Gasteiger partial charge in [-0.25, -0.2) is 0 Å². The van der Waals surface area contributed by atoms with Crippen molar-refractivity contribution in [2.75, 3.05) is 11.1 Å². The van der Waals surface area contributed by atoms with Gasteiger partial charge in [-0.05, 0) is 47.9 Å². The maximum atomic E-state index is 12.5. The van der Waals surface area contributed by atoms with E-state index in [1.165, 1.54) is 22.9 Å². The number of thioether (sulfide) groups is 1. The highest BCUT2D eigenvalue weighted by molar-refractivity contribution is 7.99. The summed E-state index contributed by atoms with van der Waals surface area (Å²) < 4.78 is 2.06. The molecule has 32 heavy (non-hydrogen) atoms. The normalized spacial score (nSPS) is 12.6. The summed E-state index contributed by atoms with van der Waals surface area (Å²) in [7, 11) is 0. The zero-order chi connectivity index (χ0) is 23.3. The Hall–Kier alpha value is -2.60. The summed E-state index contributed by atoms with van der Waals surface area (Å²) in [5.74, 6) is 1.59. The largest absolute Gasteiger partial charge is 0.325 e. The second-order valence-electron chi connectivity index (χ2n) is 9.15. The minimum atomic E-state index is -0.0481. The number of nitrogens with zero attached hydrogens (tertiary/aromatic N) is 3. The van der Waals surface area contributed by atoms with Crippen LogP contribution in [0.2, 0.25) is 0 Å². The van der Waals surface area contributed by atoms with Crippen molar-refractivity contribution >= 4 is 23.4 Å². The van der Waals surface area contributed by atoms with Crippen molar-refractivity contribution < 1.29 is 4.79 Å². The summed E-state index contributed by atoms with van der Waals surface area (Å²) in [6.45, 7) is 13.8. The molecule has 0 aliphatic rings. The van der Waals surface area contributed by atoms with Crippen LogP contribution >= 0.6 is 11.8 Å². The van der Waals surface area contributed by atoms with Crippen LogP contribution in [0.4, 0.5) is 5.69 Å². The zero-order valence-electron chi connectivity index (χ0n) is 20.0. The molecule has 0 aliphatic carbocycles. The summed E-state index contributed by atoms with van der Waals surface area (Å²) in [6.07, 6.45) is 1.10. The van der Waals surface area contributed by atoms with Crippen molar-refractivity contribution in [1.29, 1.82) is 0 Å². The average Bonchev–Trinajstić information content (AvgIpc) is 3.20. The molecule has 3 aromatic rings. The molecule has 3 rings (SSSR count). The Morgan fingerprint density at radius 3 is 2.25 bits per heavy atom. The summed E-state index contributed by atoms with van der Waals surface area (Å²) >= 11 is 1.41. The Bertz CT molecular complexity index is 1030. The zero-order valence-corrected chi connectivity index (χ0v) is 20.8. The van der Waals surface area contributed by atoms with Crippen LogP contribution < -0.4 is 5.32 Å². The fraction of sp³-hybridized carbons (Fsp3) is 0.423. The first-order valence-corrected chi connectivity index (χ1v) is 12.3. The van der Waals surface area contributed by atoms with Gasteiger partial charge in [0.25, 0.3) is 0 Å². The van der Waals surface area contributed by atoms with Crippen LogP contribution in [0, 0.1) is 0 Å². The topological polar surface area (TPSA) is 59.8 Å². The molecule has 0 radical (unpaired) electrons. The first-order chi connectivity index (χ1) is 15.2. The molecular formula is C26H34N4OS. The smallest absolute Gasteiger partial charge is 0.234 e. The molecule has 1 amide bonds. The Morgan fingerprint density at radius 2 is 1.69 bits per heavy atom. The molecule has 0 bridgehead atoms. The van der Waals surface area contributed by atoms with E-state index < -0.39 is 0 Å². The Kier molecular flexibility index (Phi) is 7.77. The number of aromatic nitrogens is 3. The second kappa shape index (κ2) is 10.3. The van der Waals surface area contributed by atoms with Gasteiger partial charge in [0, 0.05) is 17.8 Å². The van der Waals surface area contributed by atoms with Crippen LogP contribution in [-0.4, -0.2) is 26.4 Å². The van der Waals surface area contributed by atoms with E-state index in [1.807, 2.05) is 12.1 Å².